The molecule has 0 spiro atoms. The second-order valence-electron chi connectivity index (χ2n) is 6.06. The van der Waals surface area contributed by atoms with Crippen LogP contribution in [0.3, 0.4) is 0 Å². The summed E-state index contributed by atoms with van der Waals surface area (Å²) in [5.74, 6) is 0.483. The van der Waals surface area contributed by atoms with Crippen molar-refractivity contribution in [1.29, 1.82) is 0 Å². The number of benzene rings is 1. The third-order valence-corrected chi connectivity index (χ3v) is 4.71. The Hall–Kier alpha value is -2.38. The normalized spacial score (nSPS) is 17.8. The summed E-state index contributed by atoms with van der Waals surface area (Å²) in [6, 6.07) is 6.73. The molecule has 0 bridgehead atoms. The van der Waals surface area contributed by atoms with Crippen LogP contribution in [0.15, 0.2) is 28.7 Å². The minimum absolute atomic E-state index is 0.00337. The number of hydrogen-bond donors (Lipinski definition) is 1. The average Bonchev–Trinajstić information content (AvgIpc) is 2.98. The van der Waals surface area contributed by atoms with E-state index in [1.165, 1.54) is 7.11 Å². The van der Waals surface area contributed by atoms with Crippen LogP contribution in [0.2, 0.25) is 5.02 Å². The summed E-state index contributed by atoms with van der Waals surface area (Å²) in [4.78, 5) is 30.3. The Kier molecular flexibility index (Phi) is 5.58. The van der Waals surface area contributed by atoms with Gasteiger partial charge in [0.1, 0.15) is 11.8 Å². The SMILES string of the molecule is COC(=O)C[C@@H]1C(=O)NCCN1Cc1nc(-c2ccccc2Cl)oc1C. The van der Waals surface area contributed by atoms with Gasteiger partial charge in [-0.2, -0.15) is 0 Å². The Morgan fingerprint density at radius 2 is 2.23 bits per heavy atom. The molecule has 1 atom stereocenters. The predicted molar refractivity (Wildman–Crippen MR) is 95.5 cm³/mol. The van der Waals surface area contributed by atoms with Crippen LogP contribution >= 0.6 is 11.6 Å². The summed E-state index contributed by atoms with van der Waals surface area (Å²) in [7, 11) is 1.31. The summed E-state index contributed by atoms with van der Waals surface area (Å²) >= 11 is 6.21. The van der Waals surface area contributed by atoms with Gasteiger partial charge in [-0.1, -0.05) is 23.7 Å². The molecule has 0 saturated carbocycles. The highest BCUT2D eigenvalue weighted by molar-refractivity contribution is 6.33. The van der Waals surface area contributed by atoms with Gasteiger partial charge in [0.2, 0.25) is 11.8 Å². The van der Waals surface area contributed by atoms with Crippen molar-refractivity contribution < 1.29 is 18.7 Å². The molecule has 8 heteroatoms. The smallest absolute Gasteiger partial charge is 0.307 e. The van der Waals surface area contributed by atoms with Crippen LogP contribution in [-0.4, -0.2) is 48.0 Å². The number of aryl methyl sites for hydroxylation is 1. The van der Waals surface area contributed by atoms with Crippen LogP contribution < -0.4 is 5.32 Å². The van der Waals surface area contributed by atoms with Gasteiger partial charge in [0.25, 0.3) is 0 Å². The molecule has 0 aliphatic carbocycles. The van der Waals surface area contributed by atoms with Crippen molar-refractivity contribution in [2.24, 2.45) is 0 Å². The number of ether oxygens (including phenoxy) is 1. The Balaban J connectivity index is 1.82. The maximum atomic E-state index is 12.2. The molecule has 1 aliphatic rings. The minimum Gasteiger partial charge on any atom is -0.469 e. The molecule has 1 aliphatic heterocycles. The minimum atomic E-state index is -0.587. The molecule has 1 aromatic carbocycles. The number of esters is 1. The van der Waals surface area contributed by atoms with E-state index in [2.05, 4.69) is 10.3 Å². The third-order valence-electron chi connectivity index (χ3n) is 4.38. The standard InChI is InChI=1S/C18H20ClN3O4/c1-11-14(21-18(26-11)12-5-3-4-6-13(12)19)10-22-8-7-20-17(24)15(22)9-16(23)25-2/h3-6,15H,7-10H2,1-2H3,(H,20,24)/t15-/m1/s1. The summed E-state index contributed by atoms with van der Waals surface area (Å²) in [6.07, 6.45) is -0.00337. The van der Waals surface area contributed by atoms with Crippen molar-refractivity contribution in [3.05, 3.63) is 40.7 Å². The molecule has 1 fully saturated rings. The van der Waals surface area contributed by atoms with E-state index in [9.17, 15) is 9.59 Å². The number of halogens is 1. The number of aromatic nitrogens is 1. The zero-order chi connectivity index (χ0) is 18.7. The van der Waals surface area contributed by atoms with Crippen molar-refractivity contribution in [2.45, 2.75) is 25.9 Å². The topological polar surface area (TPSA) is 84.7 Å². The molecule has 0 radical (unpaired) electrons. The number of methoxy groups -OCH3 is 1. The Labute approximate surface area is 156 Å². The molecule has 7 nitrogen and oxygen atoms in total. The van der Waals surface area contributed by atoms with Crippen LogP contribution in [0.1, 0.15) is 17.9 Å². The first kappa shape index (κ1) is 18.4. The molecule has 0 unspecified atom stereocenters. The lowest BCUT2D eigenvalue weighted by Gasteiger charge is -2.33. The van der Waals surface area contributed by atoms with Gasteiger partial charge in [0.05, 0.1) is 29.8 Å². The Morgan fingerprint density at radius 3 is 2.96 bits per heavy atom. The molecular formula is C18H20ClN3O4. The van der Waals surface area contributed by atoms with Crippen molar-refractivity contribution in [3.63, 3.8) is 0 Å². The summed E-state index contributed by atoms with van der Waals surface area (Å²) < 4.78 is 10.5. The lowest BCUT2D eigenvalue weighted by molar-refractivity contribution is -0.146. The van der Waals surface area contributed by atoms with Crippen LogP contribution in [-0.2, 0) is 20.9 Å². The number of carbonyl (C=O) groups excluding carboxylic acids is 2. The molecule has 1 aromatic heterocycles. The van der Waals surface area contributed by atoms with E-state index >= 15 is 0 Å². The van der Waals surface area contributed by atoms with E-state index in [0.717, 1.165) is 0 Å². The zero-order valence-electron chi connectivity index (χ0n) is 14.6. The first-order valence-corrected chi connectivity index (χ1v) is 8.67. The molecule has 1 amide bonds. The van der Waals surface area contributed by atoms with E-state index < -0.39 is 12.0 Å². The molecule has 2 aromatic rings. The van der Waals surface area contributed by atoms with E-state index in [4.69, 9.17) is 20.8 Å². The van der Waals surface area contributed by atoms with Gasteiger partial charge in [-0.25, -0.2) is 4.98 Å². The number of rotatable bonds is 5. The second kappa shape index (κ2) is 7.88. The Bertz CT molecular complexity index is 821. The molecule has 1 N–H and O–H groups in total. The maximum absolute atomic E-state index is 12.2. The van der Waals surface area contributed by atoms with Gasteiger partial charge in [-0.3, -0.25) is 14.5 Å². The van der Waals surface area contributed by atoms with Gasteiger partial charge < -0.3 is 14.5 Å². The maximum Gasteiger partial charge on any atom is 0.307 e. The zero-order valence-corrected chi connectivity index (χ0v) is 15.4. The quantitative estimate of drug-likeness (QED) is 0.804. The van der Waals surface area contributed by atoms with E-state index in [0.29, 0.717) is 47.6 Å². The number of carbonyl (C=O) groups is 2. The van der Waals surface area contributed by atoms with Crippen molar-refractivity contribution in [2.75, 3.05) is 20.2 Å². The predicted octanol–water partition coefficient (Wildman–Crippen LogP) is 2.17. The van der Waals surface area contributed by atoms with E-state index in [1.54, 1.807) is 6.07 Å². The number of oxazole rings is 1. The van der Waals surface area contributed by atoms with Gasteiger partial charge >= 0.3 is 5.97 Å². The summed E-state index contributed by atoms with van der Waals surface area (Å²) in [6.45, 7) is 3.35. The lowest BCUT2D eigenvalue weighted by Crippen LogP contribution is -2.55. The highest BCUT2D eigenvalue weighted by Crippen LogP contribution is 2.29. The number of nitrogens with zero attached hydrogens (tertiary/aromatic N) is 2. The van der Waals surface area contributed by atoms with Crippen LogP contribution in [0.4, 0.5) is 0 Å². The molecule has 138 valence electrons. The molecule has 2 heterocycles. The number of piperazine rings is 1. The Morgan fingerprint density at radius 1 is 1.46 bits per heavy atom. The molecule has 26 heavy (non-hydrogen) atoms. The molecule has 1 saturated heterocycles. The fourth-order valence-corrected chi connectivity index (χ4v) is 3.15. The average molecular weight is 378 g/mol. The lowest BCUT2D eigenvalue weighted by atomic mass is 10.1. The third kappa shape index (κ3) is 3.89. The second-order valence-corrected chi connectivity index (χ2v) is 6.47. The molecule has 3 rings (SSSR count). The van der Waals surface area contributed by atoms with Crippen molar-refractivity contribution >= 4 is 23.5 Å². The van der Waals surface area contributed by atoms with Gasteiger partial charge in [-0.15, -0.1) is 0 Å². The number of hydrogen-bond acceptors (Lipinski definition) is 6. The highest BCUT2D eigenvalue weighted by atomic mass is 35.5. The monoisotopic (exact) mass is 377 g/mol. The number of nitrogens with one attached hydrogen (secondary N) is 1. The van der Waals surface area contributed by atoms with Crippen LogP contribution in [0, 0.1) is 6.92 Å². The summed E-state index contributed by atoms with van der Waals surface area (Å²) in [5.41, 5.74) is 1.43. The van der Waals surface area contributed by atoms with E-state index in [1.807, 2.05) is 30.0 Å². The fraction of sp³-hybridized carbons (Fsp3) is 0.389. The number of amides is 1. The highest BCUT2D eigenvalue weighted by Gasteiger charge is 2.33. The van der Waals surface area contributed by atoms with Gasteiger partial charge in [0, 0.05) is 19.6 Å². The fourth-order valence-electron chi connectivity index (χ4n) is 2.93. The van der Waals surface area contributed by atoms with Crippen molar-refractivity contribution in [1.82, 2.24) is 15.2 Å². The van der Waals surface area contributed by atoms with Crippen LogP contribution in [0.25, 0.3) is 11.5 Å². The van der Waals surface area contributed by atoms with Crippen molar-refractivity contribution in [3.8, 4) is 11.5 Å². The first-order valence-electron chi connectivity index (χ1n) is 8.29. The van der Waals surface area contributed by atoms with Crippen LogP contribution in [0.5, 0.6) is 0 Å². The first-order chi connectivity index (χ1) is 12.5. The molecular weight excluding hydrogens is 358 g/mol. The van der Waals surface area contributed by atoms with E-state index in [-0.39, 0.29) is 12.3 Å². The largest absolute Gasteiger partial charge is 0.469 e. The summed E-state index contributed by atoms with van der Waals surface area (Å²) in [5, 5.41) is 3.34. The van der Waals surface area contributed by atoms with Gasteiger partial charge in [-0.05, 0) is 19.1 Å². The van der Waals surface area contributed by atoms with Gasteiger partial charge in [0.15, 0.2) is 0 Å².